The summed E-state index contributed by atoms with van der Waals surface area (Å²) in [4.78, 5) is 11.6. The number of nitrogens with two attached hydrogens (primary N) is 1. The highest BCUT2D eigenvalue weighted by molar-refractivity contribution is 5.91. The average Bonchev–Trinajstić information content (AvgIpc) is 2.23. The molecular weight excluding hydrogens is 245 g/mol. The van der Waals surface area contributed by atoms with Gasteiger partial charge >= 0.3 is 0 Å². The van der Waals surface area contributed by atoms with Gasteiger partial charge in [0, 0.05) is 24.1 Å². The summed E-state index contributed by atoms with van der Waals surface area (Å²) in [6.45, 7) is 0. The van der Waals surface area contributed by atoms with E-state index in [2.05, 4.69) is 5.32 Å². The van der Waals surface area contributed by atoms with E-state index >= 15 is 0 Å². The summed E-state index contributed by atoms with van der Waals surface area (Å²) in [5.74, 6) is -4.10. The number of carbonyl (C=O) groups is 1. The van der Waals surface area contributed by atoms with Gasteiger partial charge in [-0.25, -0.2) is 13.2 Å². The lowest BCUT2D eigenvalue weighted by Crippen LogP contribution is -2.49. The molecule has 0 radical (unpaired) electrons. The van der Waals surface area contributed by atoms with Crippen LogP contribution in [0.25, 0.3) is 0 Å². The Balaban J connectivity index is 2.07. The van der Waals surface area contributed by atoms with Crippen molar-refractivity contribution in [1.82, 2.24) is 0 Å². The molecule has 1 aromatic rings. The van der Waals surface area contributed by atoms with Crippen LogP contribution in [-0.4, -0.2) is 11.4 Å². The minimum Gasteiger partial charge on any atom is -0.325 e. The fourth-order valence-corrected chi connectivity index (χ4v) is 1.97. The van der Waals surface area contributed by atoms with Gasteiger partial charge in [0.15, 0.2) is 11.6 Å². The number of benzene rings is 1. The van der Waals surface area contributed by atoms with Crippen LogP contribution in [0, 0.1) is 17.5 Å². The highest BCUT2D eigenvalue weighted by Gasteiger charge is 2.34. The first-order valence-corrected chi connectivity index (χ1v) is 5.63. The van der Waals surface area contributed by atoms with Crippen molar-refractivity contribution in [1.29, 1.82) is 0 Å². The smallest absolute Gasteiger partial charge is 0.226 e. The molecule has 0 heterocycles. The Kier molecular flexibility index (Phi) is 3.30. The van der Waals surface area contributed by atoms with E-state index in [-0.39, 0.29) is 6.42 Å². The molecule has 6 heteroatoms. The predicted octanol–water partition coefficient (Wildman–Crippen LogP) is 2.31. The van der Waals surface area contributed by atoms with Crippen molar-refractivity contribution in [3.05, 3.63) is 29.6 Å². The van der Waals surface area contributed by atoms with Gasteiger partial charge in [0.05, 0.1) is 5.69 Å². The lowest BCUT2D eigenvalue weighted by atomic mass is 9.75. The van der Waals surface area contributed by atoms with Crippen molar-refractivity contribution < 1.29 is 18.0 Å². The maximum atomic E-state index is 13.3. The van der Waals surface area contributed by atoms with E-state index in [9.17, 15) is 18.0 Å². The Morgan fingerprint density at radius 1 is 1.33 bits per heavy atom. The molecule has 1 saturated carbocycles. The summed E-state index contributed by atoms with van der Waals surface area (Å²) in [6.07, 6.45) is 2.41. The van der Waals surface area contributed by atoms with Gasteiger partial charge in [-0.3, -0.25) is 4.79 Å². The van der Waals surface area contributed by atoms with Crippen molar-refractivity contribution in [3.8, 4) is 0 Å². The Morgan fingerprint density at radius 2 is 2.00 bits per heavy atom. The first kappa shape index (κ1) is 12.9. The van der Waals surface area contributed by atoms with Crippen molar-refractivity contribution in [2.24, 2.45) is 5.73 Å². The van der Waals surface area contributed by atoms with Gasteiger partial charge in [0.25, 0.3) is 0 Å². The monoisotopic (exact) mass is 258 g/mol. The second-order valence-electron chi connectivity index (χ2n) is 4.69. The van der Waals surface area contributed by atoms with E-state index in [0.717, 1.165) is 25.3 Å². The van der Waals surface area contributed by atoms with E-state index in [1.165, 1.54) is 0 Å². The first-order chi connectivity index (χ1) is 8.39. The molecule has 2 rings (SSSR count). The molecule has 0 aliphatic heterocycles. The van der Waals surface area contributed by atoms with E-state index in [0.29, 0.717) is 6.07 Å². The minimum absolute atomic E-state index is 0.0184. The van der Waals surface area contributed by atoms with Gasteiger partial charge in [0.1, 0.15) is 5.82 Å². The molecule has 1 fully saturated rings. The van der Waals surface area contributed by atoms with Crippen LogP contribution in [0.5, 0.6) is 0 Å². The fourth-order valence-electron chi connectivity index (χ4n) is 1.97. The van der Waals surface area contributed by atoms with Crippen LogP contribution in [0.1, 0.15) is 25.7 Å². The van der Waals surface area contributed by atoms with E-state index in [1.54, 1.807) is 0 Å². The Morgan fingerprint density at radius 3 is 2.56 bits per heavy atom. The normalized spacial score (nSPS) is 17.1. The van der Waals surface area contributed by atoms with Crippen LogP contribution in [-0.2, 0) is 4.79 Å². The summed E-state index contributed by atoms with van der Waals surface area (Å²) < 4.78 is 39.1. The molecule has 98 valence electrons. The van der Waals surface area contributed by atoms with E-state index in [4.69, 9.17) is 5.73 Å². The zero-order valence-corrected chi connectivity index (χ0v) is 9.60. The molecule has 0 atom stereocenters. The third kappa shape index (κ3) is 2.64. The topological polar surface area (TPSA) is 55.1 Å². The molecular formula is C12H13F3N2O. The lowest BCUT2D eigenvalue weighted by Gasteiger charge is -2.37. The molecule has 0 saturated heterocycles. The van der Waals surface area contributed by atoms with Gasteiger partial charge in [0.2, 0.25) is 5.91 Å². The van der Waals surface area contributed by atoms with E-state index in [1.807, 2.05) is 0 Å². The molecule has 0 spiro atoms. The van der Waals surface area contributed by atoms with Gasteiger partial charge in [-0.05, 0) is 19.3 Å². The van der Waals surface area contributed by atoms with Gasteiger partial charge < -0.3 is 11.1 Å². The fraction of sp³-hybridized carbons (Fsp3) is 0.417. The molecule has 0 unspecified atom stereocenters. The third-order valence-electron chi connectivity index (χ3n) is 3.13. The van der Waals surface area contributed by atoms with Crippen LogP contribution in [0.2, 0.25) is 0 Å². The molecule has 18 heavy (non-hydrogen) atoms. The van der Waals surface area contributed by atoms with Gasteiger partial charge in [-0.1, -0.05) is 0 Å². The predicted molar refractivity (Wildman–Crippen MR) is 60.3 cm³/mol. The number of carbonyl (C=O) groups excluding carboxylic acids is 1. The Bertz CT molecular complexity index is 486. The van der Waals surface area contributed by atoms with E-state index < -0.39 is 34.6 Å². The molecule has 0 aromatic heterocycles. The van der Waals surface area contributed by atoms with Gasteiger partial charge in [-0.2, -0.15) is 0 Å². The summed E-state index contributed by atoms with van der Waals surface area (Å²) in [5, 5.41) is 2.14. The molecule has 1 aromatic carbocycles. The van der Waals surface area contributed by atoms with Crippen molar-refractivity contribution in [2.75, 3.05) is 5.32 Å². The SMILES string of the molecule is NC1(CC(=O)Nc2cc(F)cc(F)c2F)CCC1. The third-order valence-corrected chi connectivity index (χ3v) is 3.13. The summed E-state index contributed by atoms with van der Waals surface area (Å²) >= 11 is 0. The second kappa shape index (κ2) is 4.61. The first-order valence-electron chi connectivity index (χ1n) is 5.63. The number of nitrogens with one attached hydrogen (secondary N) is 1. The zero-order valence-electron chi connectivity index (χ0n) is 9.60. The lowest BCUT2D eigenvalue weighted by molar-refractivity contribution is -0.118. The molecule has 3 N–H and O–H groups in total. The number of rotatable bonds is 3. The number of hydrogen-bond acceptors (Lipinski definition) is 2. The number of amides is 1. The van der Waals surface area contributed by atoms with Crippen molar-refractivity contribution >= 4 is 11.6 Å². The van der Waals surface area contributed by atoms with Crippen LogP contribution in [0.4, 0.5) is 18.9 Å². The molecule has 3 nitrogen and oxygen atoms in total. The molecule has 1 aliphatic rings. The number of hydrogen-bond donors (Lipinski definition) is 2. The summed E-state index contributed by atoms with van der Waals surface area (Å²) in [6, 6.07) is 1.15. The largest absolute Gasteiger partial charge is 0.325 e. The van der Waals surface area contributed by atoms with Crippen molar-refractivity contribution in [3.63, 3.8) is 0 Å². The molecule has 1 amide bonds. The van der Waals surface area contributed by atoms with Crippen molar-refractivity contribution in [2.45, 2.75) is 31.2 Å². The second-order valence-corrected chi connectivity index (χ2v) is 4.69. The van der Waals surface area contributed by atoms with Crippen LogP contribution in [0.15, 0.2) is 12.1 Å². The highest BCUT2D eigenvalue weighted by atomic mass is 19.2. The zero-order chi connectivity index (χ0) is 13.3. The number of halogens is 3. The Hall–Kier alpha value is -1.56. The Labute approximate surface area is 102 Å². The minimum atomic E-state index is -1.34. The summed E-state index contributed by atoms with van der Waals surface area (Å²) in [7, 11) is 0. The standard InChI is InChI=1S/C12H13F3N2O/c13-7-4-8(14)11(15)9(5-7)17-10(18)6-12(16)2-1-3-12/h4-5H,1-3,6,16H2,(H,17,18). The van der Waals surface area contributed by atoms with Crippen LogP contribution in [0.3, 0.4) is 0 Å². The molecule has 1 aliphatic carbocycles. The van der Waals surface area contributed by atoms with Gasteiger partial charge in [-0.15, -0.1) is 0 Å². The molecule has 0 bridgehead atoms. The highest BCUT2D eigenvalue weighted by Crippen LogP contribution is 2.32. The van der Waals surface area contributed by atoms with Crippen LogP contribution < -0.4 is 11.1 Å². The van der Waals surface area contributed by atoms with Crippen LogP contribution >= 0.6 is 0 Å². The average molecular weight is 258 g/mol. The number of anilines is 1. The summed E-state index contributed by atoms with van der Waals surface area (Å²) in [5.41, 5.74) is 4.79. The maximum Gasteiger partial charge on any atom is 0.226 e. The quantitative estimate of drug-likeness (QED) is 0.817. The maximum absolute atomic E-state index is 13.3.